The first kappa shape index (κ1) is 19.3. The van der Waals surface area contributed by atoms with Gasteiger partial charge in [-0.05, 0) is 18.9 Å². The largest absolute Gasteiger partial charge is 0.497 e. The van der Waals surface area contributed by atoms with E-state index in [0.29, 0.717) is 17.2 Å². The summed E-state index contributed by atoms with van der Waals surface area (Å²) in [4.78, 5) is 4.79. The highest BCUT2D eigenvalue weighted by molar-refractivity contribution is 7.92. The lowest BCUT2D eigenvalue weighted by Crippen LogP contribution is -2.14. The van der Waals surface area contributed by atoms with Gasteiger partial charge in [0.15, 0.2) is 0 Å². The number of aromatic nitrogens is 2. The first-order valence-corrected chi connectivity index (χ1v) is 10.9. The zero-order valence-electron chi connectivity index (χ0n) is 16.4. The van der Waals surface area contributed by atoms with Gasteiger partial charge in [-0.1, -0.05) is 18.2 Å². The fraction of sp³-hybridized carbons (Fsp3) is 0.286. The summed E-state index contributed by atoms with van der Waals surface area (Å²) in [6.07, 6.45) is 5.20. The lowest BCUT2D eigenvalue weighted by Gasteiger charge is -2.13. The molecule has 152 valence electrons. The second-order valence-electron chi connectivity index (χ2n) is 6.89. The molecule has 1 aliphatic rings. The van der Waals surface area contributed by atoms with E-state index < -0.39 is 10.0 Å². The average molecular weight is 413 g/mol. The van der Waals surface area contributed by atoms with Gasteiger partial charge in [-0.25, -0.2) is 13.4 Å². The number of nitrogens with zero attached hydrogens (tertiary/aromatic N) is 2. The Hall–Kier alpha value is -3.00. The Morgan fingerprint density at radius 3 is 2.45 bits per heavy atom. The molecule has 0 saturated carbocycles. The predicted octanol–water partition coefficient (Wildman–Crippen LogP) is 3.70. The Bertz CT molecular complexity index is 1090. The molecule has 2 heterocycles. The maximum absolute atomic E-state index is 13.1. The van der Waals surface area contributed by atoms with E-state index >= 15 is 0 Å². The molecule has 7 nitrogen and oxygen atoms in total. The summed E-state index contributed by atoms with van der Waals surface area (Å²) in [7, 11) is -0.895. The van der Waals surface area contributed by atoms with Crippen LogP contribution < -0.4 is 14.2 Å². The molecular formula is C21H23N3O4S. The number of rotatable bonds is 6. The third-order valence-electron chi connectivity index (χ3n) is 4.99. The first-order valence-electron chi connectivity index (χ1n) is 9.41. The van der Waals surface area contributed by atoms with Crippen LogP contribution in [0.25, 0.3) is 11.3 Å². The summed E-state index contributed by atoms with van der Waals surface area (Å²) in [5.74, 6) is 1.85. The summed E-state index contributed by atoms with van der Waals surface area (Å²) in [6, 6.07) is 11.8. The van der Waals surface area contributed by atoms with Crippen LogP contribution in [-0.4, -0.2) is 32.2 Å². The van der Waals surface area contributed by atoms with Crippen LogP contribution in [0.4, 0.5) is 5.69 Å². The van der Waals surface area contributed by atoms with E-state index in [0.717, 1.165) is 42.9 Å². The topological polar surface area (TPSA) is 82.5 Å². The van der Waals surface area contributed by atoms with Crippen molar-refractivity contribution >= 4 is 15.7 Å². The van der Waals surface area contributed by atoms with Gasteiger partial charge in [-0.15, -0.1) is 0 Å². The minimum Gasteiger partial charge on any atom is -0.497 e. The van der Waals surface area contributed by atoms with Crippen LogP contribution in [0.3, 0.4) is 0 Å². The van der Waals surface area contributed by atoms with E-state index in [1.54, 1.807) is 18.2 Å². The van der Waals surface area contributed by atoms with E-state index in [2.05, 4.69) is 9.29 Å². The van der Waals surface area contributed by atoms with Crippen LogP contribution in [0.2, 0.25) is 0 Å². The second kappa shape index (κ2) is 7.79. The number of anilines is 1. The molecule has 0 fully saturated rings. The van der Waals surface area contributed by atoms with Gasteiger partial charge in [0.1, 0.15) is 17.3 Å². The van der Waals surface area contributed by atoms with Gasteiger partial charge >= 0.3 is 0 Å². The molecule has 0 radical (unpaired) electrons. The molecule has 1 aliphatic heterocycles. The van der Waals surface area contributed by atoms with Crippen molar-refractivity contribution in [3.8, 4) is 22.8 Å². The van der Waals surface area contributed by atoms with Crippen molar-refractivity contribution in [2.75, 3.05) is 18.9 Å². The summed E-state index contributed by atoms with van der Waals surface area (Å²) >= 11 is 0. The number of methoxy groups -OCH3 is 2. The third kappa shape index (κ3) is 3.93. The van der Waals surface area contributed by atoms with Crippen LogP contribution in [0.5, 0.6) is 11.5 Å². The van der Waals surface area contributed by atoms with Crippen LogP contribution in [0.15, 0.2) is 53.6 Å². The van der Waals surface area contributed by atoms with Crippen molar-refractivity contribution in [2.24, 2.45) is 0 Å². The fourth-order valence-corrected chi connectivity index (χ4v) is 4.61. The number of para-hydroxylation sites is 1. The summed E-state index contributed by atoms with van der Waals surface area (Å²) in [5.41, 5.74) is 1.99. The molecule has 0 unspecified atom stereocenters. The zero-order chi connectivity index (χ0) is 20.4. The molecule has 1 aromatic heterocycles. The van der Waals surface area contributed by atoms with Crippen molar-refractivity contribution in [1.29, 1.82) is 0 Å². The first-order chi connectivity index (χ1) is 14.0. The lowest BCUT2D eigenvalue weighted by molar-refractivity contribution is 0.392. The molecule has 4 rings (SSSR count). The van der Waals surface area contributed by atoms with Gasteiger partial charge < -0.3 is 14.0 Å². The van der Waals surface area contributed by atoms with Crippen molar-refractivity contribution in [3.05, 3.63) is 54.5 Å². The lowest BCUT2D eigenvalue weighted by atomic mass is 10.1. The molecule has 0 atom stereocenters. The Morgan fingerprint density at radius 1 is 1.03 bits per heavy atom. The van der Waals surface area contributed by atoms with Crippen molar-refractivity contribution in [1.82, 2.24) is 9.55 Å². The number of nitrogens with one attached hydrogen (secondary N) is 1. The Balaban J connectivity index is 1.71. The minimum absolute atomic E-state index is 0.0626. The van der Waals surface area contributed by atoms with Gasteiger partial charge in [0.2, 0.25) is 0 Å². The van der Waals surface area contributed by atoms with Gasteiger partial charge in [0, 0.05) is 42.9 Å². The van der Waals surface area contributed by atoms with Gasteiger partial charge in [0.25, 0.3) is 10.0 Å². The van der Waals surface area contributed by atoms with Crippen molar-refractivity contribution < 1.29 is 17.9 Å². The molecule has 29 heavy (non-hydrogen) atoms. The minimum atomic E-state index is -3.86. The number of fused-ring (bicyclic) bond motifs is 1. The van der Waals surface area contributed by atoms with E-state index in [4.69, 9.17) is 14.5 Å². The molecule has 2 aromatic carbocycles. The monoisotopic (exact) mass is 413 g/mol. The zero-order valence-corrected chi connectivity index (χ0v) is 17.2. The maximum Gasteiger partial charge on any atom is 0.262 e. The fourth-order valence-electron chi connectivity index (χ4n) is 3.48. The van der Waals surface area contributed by atoms with Crippen molar-refractivity contribution in [2.45, 2.75) is 30.7 Å². The van der Waals surface area contributed by atoms with Gasteiger partial charge in [-0.2, -0.15) is 0 Å². The van der Waals surface area contributed by atoms with Crippen LogP contribution in [-0.2, 0) is 23.0 Å². The molecular weight excluding hydrogens is 390 g/mol. The number of sulfonamides is 1. The van der Waals surface area contributed by atoms with Crippen LogP contribution >= 0.6 is 0 Å². The van der Waals surface area contributed by atoms with Gasteiger partial charge in [-0.3, -0.25) is 4.72 Å². The van der Waals surface area contributed by atoms with E-state index in [1.165, 1.54) is 26.4 Å². The third-order valence-corrected chi connectivity index (χ3v) is 6.34. The number of ether oxygens (including phenoxy) is 2. The normalized spacial score (nSPS) is 13.6. The smallest absolute Gasteiger partial charge is 0.262 e. The molecule has 0 aliphatic carbocycles. The highest BCUT2D eigenvalue weighted by Gasteiger charge is 2.21. The number of hydrogen-bond acceptors (Lipinski definition) is 5. The standard InChI is InChI=1S/C21H23N3O4S/c1-27-15-11-16(28-2)13-17(12-15)29(25,26)23-19-8-4-3-7-18(19)20-14-24-10-6-5-9-21(24)22-20/h3-4,7-8,11-14,23H,5-6,9-10H2,1-2H3. The molecule has 0 amide bonds. The summed E-state index contributed by atoms with van der Waals surface area (Å²) in [6.45, 7) is 0.944. The highest BCUT2D eigenvalue weighted by atomic mass is 32.2. The predicted molar refractivity (Wildman–Crippen MR) is 111 cm³/mol. The molecule has 0 saturated heterocycles. The summed E-state index contributed by atoms with van der Waals surface area (Å²) < 4.78 is 41.4. The average Bonchev–Trinajstić information content (AvgIpc) is 3.17. The quantitative estimate of drug-likeness (QED) is 0.666. The molecule has 3 aromatic rings. The Labute approximate surface area is 170 Å². The Kier molecular flexibility index (Phi) is 5.19. The van der Waals surface area contributed by atoms with E-state index in [9.17, 15) is 8.42 Å². The van der Waals surface area contributed by atoms with E-state index in [1.807, 2.05) is 18.3 Å². The summed E-state index contributed by atoms with van der Waals surface area (Å²) in [5, 5.41) is 0. The maximum atomic E-state index is 13.1. The molecule has 1 N–H and O–H groups in total. The van der Waals surface area contributed by atoms with Gasteiger partial charge in [0.05, 0.1) is 30.5 Å². The number of hydrogen-bond donors (Lipinski definition) is 1. The van der Waals surface area contributed by atoms with E-state index in [-0.39, 0.29) is 4.90 Å². The molecule has 0 spiro atoms. The number of imidazole rings is 1. The number of aryl methyl sites for hydroxylation is 2. The van der Waals surface area contributed by atoms with Crippen molar-refractivity contribution in [3.63, 3.8) is 0 Å². The molecule has 8 heteroatoms. The number of benzene rings is 2. The Morgan fingerprint density at radius 2 is 1.76 bits per heavy atom. The van der Waals surface area contributed by atoms with Crippen LogP contribution in [0.1, 0.15) is 18.7 Å². The van der Waals surface area contributed by atoms with Crippen LogP contribution in [0, 0.1) is 0 Å². The SMILES string of the molecule is COc1cc(OC)cc(S(=O)(=O)Nc2ccccc2-c2cn3c(n2)CCCC3)c1. The highest BCUT2D eigenvalue weighted by Crippen LogP contribution is 2.32. The second-order valence-corrected chi connectivity index (χ2v) is 8.57. The molecule has 0 bridgehead atoms.